The molecule has 0 aliphatic carbocycles. The quantitative estimate of drug-likeness (QED) is 0.619. The lowest BCUT2D eigenvalue weighted by atomic mass is 10.1. The first-order chi connectivity index (χ1) is 8.54. The summed E-state index contributed by atoms with van der Waals surface area (Å²) in [7, 11) is 0. The third-order valence-corrected chi connectivity index (χ3v) is 2.66. The van der Waals surface area contributed by atoms with Gasteiger partial charge in [-0.2, -0.15) is 0 Å². The van der Waals surface area contributed by atoms with Crippen molar-refractivity contribution in [3.63, 3.8) is 0 Å². The van der Waals surface area contributed by atoms with Crippen molar-refractivity contribution in [1.82, 2.24) is 4.98 Å². The topological polar surface area (TPSA) is 63.1 Å². The van der Waals surface area contributed by atoms with Gasteiger partial charge in [-0.1, -0.05) is 0 Å². The summed E-state index contributed by atoms with van der Waals surface area (Å²) >= 11 is 0. The molecule has 0 bridgehead atoms. The number of hydrogen-bond donors (Lipinski definition) is 1. The Kier molecular flexibility index (Phi) is 2.07. The van der Waals surface area contributed by atoms with E-state index in [1.807, 2.05) is 0 Å². The minimum absolute atomic E-state index is 0.105. The summed E-state index contributed by atoms with van der Waals surface area (Å²) in [5, 5.41) is 0.830. The van der Waals surface area contributed by atoms with Gasteiger partial charge < -0.3 is 4.42 Å². The Morgan fingerprint density at radius 3 is 2.22 bits per heavy atom. The normalized spacial score (nSPS) is 11.2. The van der Waals surface area contributed by atoms with E-state index in [2.05, 4.69) is 9.40 Å². The van der Waals surface area contributed by atoms with Gasteiger partial charge in [0.05, 0.1) is 10.9 Å². The first-order valence-electron chi connectivity index (χ1n) is 5.00. The highest BCUT2D eigenvalue weighted by Gasteiger charge is 2.08. The van der Waals surface area contributed by atoms with Crippen LogP contribution in [0.15, 0.2) is 38.3 Å². The number of hydrogen-bond acceptors (Lipinski definition) is 3. The number of rotatable bonds is 0. The lowest BCUT2D eigenvalue weighted by molar-refractivity contribution is 0.460. The number of fused-ring (bicyclic) bond motifs is 2. The smallest absolute Gasteiger partial charge is 0.372 e. The molecule has 6 heteroatoms. The molecule has 0 saturated heterocycles. The molecule has 1 heterocycles. The molecular weight excluding hydrogens is 244 g/mol. The van der Waals surface area contributed by atoms with Crippen LogP contribution < -0.4 is 11.4 Å². The summed E-state index contributed by atoms with van der Waals surface area (Å²) in [6.45, 7) is 0. The van der Waals surface area contributed by atoms with Crippen LogP contribution >= 0.6 is 0 Å². The van der Waals surface area contributed by atoms with Crippen LogP contribution in [0.3, 0.4) is 0 Å². The van der Waals surface area contributed by atoms with E-state index < -0.39 is 23.0 Å². The van der Waals surface area contributed by atoms with E-state index >= 15 is 0 Å². The second-order valence-electron chi connectivity index (χ2n) is 3.81. The Morgan fingerprint density at radius 1 is 0.944 bits per heavy atom. The van der Waals surface area contributed by atoms with Crippen molar-refractivity contribution in [3.8, 4) is 0 Å². The van der Waals surface area contributed by atoms with Gasteiger partial charge in [0, 0.05) is 0 Å². The molecule has 0 fully saturated rings. The Labute approximate surface area is 97.5 Å². The van der Waals surface area contributed by atoms with Crippen molar-refractivity contribution in [3.05, 3.63) is 56.9 Å². The van der Waals surface area contributed by atoms with E-state index in [1.54, 1.807) is 0 Å². The molecule has 0 saturated carbocycles. The average molecular weight is 249 g/mol. The van der Waals surface area contributed by atoms with Gasteiger partial charge in [0.15, 0.2) is 11.6 Å². The molecule has 1 aromatic heterocycles. The predicted octanol–water partition coefficient (Wildman–Crippen LogP) is 1.91. The summed E-state index contributed by atoms with van der Waals surface area (Å²) in [5.41, 5.74) is -0.602. The highest BCUT2D eigenvalue weighted by molar-refractivity contribution is 5.95. The monoisotopic (exact) mass is 249 g/mol. The largest absolute Gasteiger partial charge is 0.419 e. The van der Waals surface area contributed by atoms with Crippen LogP contribution in [-0.2, 0) is 0 Å². The van der Waals surface area contributed by atoms with Gasteiger partial charge in [-0.25, -0.2) is 18.4 Å². The number of H-pyrrole nitrogens is 1. The number of nitrogens with one attached hydrogen (secondary N) is 1. The van der Waals surface area contributed by atoms with Crippen molar-refractivity contribution in [2.75, 3.05) is 0 Å². The molecule has 3 rings (SSSR count). The molecule has 0 spiro atoms. The van der Waals surface area contributed by atoms with Crippen LogP contribution in [0.2, 0.25) is 0 Å². The minimum atomic E-state index is -1.00. The van der Waals surface area contributed by atoms with Gasteiger partial charge in [-0.3, -0.25) is 4.98 Å². The molecule has 90 valence electrons. The second kappa shape index (κ2) is 3.49. The average Bonchev–Trinajstić information content (AvgIpc) is 2.29. The molecule has 0 aliphatic rings. The minimum Gasteiger partial charge on any atom is -0.372 e. The summed E-state index contributed by atoms with van der Waals surface area (Å²) < 4.78 is 30.5. The molecular formula is C12H5F2NO3. The Morgan fingerprint density at radius 2 is 1.56 bits per heavy atom. The van der Waals surface area contributed by atoms with Crippen LogP contribution in [0.1, 0.15) is 0 Å². The van der Waals surface area contributed by atoms with Gasteiger partial charge in [-0.15, -0.1) is 0 Å². The SMILES string of the molecule is O=c1[nH]c2cc3cc(F)c(F)cc3cc2c(=O)o1. The zero-order valence-corrected chi connectivity index (χ0v) is 8.79. The van der Waals surface area contributed by atoms with E-state index in [0.29, 0.717) is 10.8 Å². The number of aromatic amines is 1. The highest BCUT2D eigenvalue weighted by Crippen LogP contribution is 2.21. The van der Waals surface area contributed by atoms with Crippen molar-refractivity contribution in [2.24, 2.45) is 0 Å². The molecule has 0 aliphatic heterocycles. The third kappa shape index (κ3) is 1.50. The van der Waals surface area contributed by atoms with Crippen molar-refractivity contribution in [1.29, 1.82) is 0 Å². The molecule has 0 atom stereocenters. The van der Waals surface area contributed by atoms with Gasteiger partial charge in [0.25, 0.3) is 0 Å². The zero-order chi connectivity index (χ0) is 12.9. The van der Waals surface area contributed by atoms with Crippen molar-refractivity contribution >= 4 is 21.7 Å². The maximum atomic E-state index is 13.1. The lowest BCUT2D eigenvalue weighted by Crippen LogP contribution is -2.14. The maximum Gasteiger partial charge on any atom is 0.419 e. The van der Waals surface area contributed by atoms with E-state index in [0.717, 1.165) is 12.1 Å². The fourth-order valence-electron chi connectivity index (χ4n) is 1.84. The van der Waals surface area contributed by atoms with Gasteiger partial charge in [-0.05, 0) is 35.0 Å². The number of halogens is 2. The number of aromatic nitrogens is 1. The molecule has 2 aromatic carbocycles. The molecule has 0 unspecified atom stereocenters. The van der Waals surface area contributed by atoms with Crippen LogP contribution in [0.4, 0.5) is 8.78 Å². The molecule has 0 amide bonds. The van der Waals surface area contributed by atoms with Crippen molar-refractivity contribution < 1.29 is 13.2 Å². The lowest BCUT2D eigenvalue weighted by Gasteiger charge is -2.01. The van der Waals surface area contributed by atoms with Gasteiger partial charge >= 0.3 is 11.4 Å². The van der Waals surface area contributed by atoms with E-state index in [-0.39, 0.29) is 10.9 Å². The molecule has 1 N–H and O–H groups in total. The molecule has 4 nitrogen and oxygen atoms in total. The molecule has 18 heavy (non-hydrogen) atoms. The van der Waals surface area contributed by atoms with E-state index in [4.69, 9.17) is 0 Å². The Balaban J connectivity index is 2.55. The Hall–Kier alpha value is -2.50. The van der Waals surface area contributed by atoms with Crippen LogP contribution in [0.25, 0.3) is 21.7 Å². The first kappa shape index (κ1) is 10.6. The fourth-order valence-corrected chi connectivity index (χ4v) is 1.84. The zero-order valence-electron chi connectivity index (χ0n) is 8.79. The van der Waals surface area contributed by atoms with Gasteiger partial charge in [0.2, 0.25) is 0 Å². The number of benzene rings is 2. The van der Waals surface area contributed by atoms with Gasteiger partial charge in [0.1, 0.15) is 0 Å². The maximum absolute atomic E-state index is 13.1. The van der Waals surface area contributed by atoms with Crippen LogP contribution in [-0.4, -0.2) is 4.98 Å². The standard InChI is InChI=1S/C12H5F2NO3/c13-8-2-5-1-7-10(4-6(5)3-9(8)14)15-12(17)18-11(7)16/h1-4H,(H,15,17). The summed E-state index contributed by atoms with van der Waals surface area (Å²) in [5.74, 6) is -2.89. The molecule has 3 aromatic rings. The van der Waals surface area contributed by atoms with E-state index in [9.17, 15) is 18.4 Å². The van der Waals surface area contributed by atoms with E-state index in [1.165, 1.54) is 12.1 Å². The second-order valence-corrected chi connectivity index (χ2v) is 3.81. The van der Waals surface area contributed by atoms with Crippen LogP contribution in [0.5, 0.6) is 0 Å². The Bertz CT molecular complexity index is 895. The fraction of sp³-hybridized carbons (Fsp3) is 0. The summed E-state index contributed by atoms with van der Waals surface area (Å²) in [6.07, 6.45) is 0. The highest BCUT2D eigenvalue weighted by atomic mass is 19.2. The predicted molar refractivity (Wildman–Crippen MR) is 60.5 cm³/mol. The molecule has 0 radical (unpaired) electrons. The van der Waals surface area contributed by atoms with Crippen LogP contribution in [0, 0.1) is 11.6 Å². The summed E-state index contributed by atoms with van der Waals surface area (Å²) in [6, 6.07) is 4.71. The van der Waals surface area contributed by atoms with Crippen molar-refractivity contribution in [2.45, 2.75) is 0 Å². The summed E-state index contributed by atoms with van der Waals surface area (Å²) in [4.78, 5) is 24.8. The third-order valence-electron chi connectivity index (χ3n) is 2.66. The first-order valence-corrected chi connectivity index (χ1v) is 5.00.